The molecule has 0 unspecified atom stereocenters. The number of hydrogen-bond acceptors (Lipinski definition) is 7. The quantitative estimate of drug-likeness (QED) is 0.621. The SMILES string of the molecule is Cc1cc(N)nc(-c2cc3ncnc4c3c(c2Cl)OC[C@H](CC#N)N4C)c1C(F)(F)F. The van der Waals surface area contributed by atoms with Gasteiger partial charge in [0.05, 0.1) is 45.7 Å². The molecule has 2 aromatic heterocycles. The van der Waals surface area contributed by atoms with Gasteiger partial charge in [0.1, 0.15) is 24.6 Å². The highest BCUT2D eigenvalue weighted by Crippen LogP contribution is 2.48. The molecule has 3 heterocycles. The number of alkyl halides is 3. The first-order valence-electron chi connectivity index (χ1n) is 9.18. The lowest BCUT2D eigenvalue weighted by molar-refractivity contribution is -0.137. The van der Waals surface area contributed by atoms with Gasteiger partial charge in [-0.3, -0.25) is 0 Å². The van der Waals surface area contributed by atoms with E-state index in [1.54, 1.807) is 11.9 Å². The smallest absolute Gasteiger partial charge is 0.418 e. The molecule has 0 saturated carbocycles. The van der Waals surface area contributed by atoms with Gasteiger partial charge < -0.3 is 15.4 Å². The number of aryl methyl sites for hydroxylation is 1. The first-order valence-corrected chi connectivity index (χ1v) is 9.55. The summed E-state index contributed by atoms with van der Waals surface area (Å²) in [5, 5.41) is 9.52. The summed E-state index contributed by atoms with van der Waals surface area (Å²) in [5.74, 6) is 0.548. The van der Waals surface area contributed by atoms with Crippen molar-refractivity contribution < 1.29 is 17.9 Å². The molecular weight excluding hydrogens is 433 g/mol. The molecule has 1 aliphatic rings. The third-order valence-electron chi connectivity index (χ3n) is 5.20. The lowest BCUT2D eigenvalue weighted by Crippen LogP contribution is -2.35. The van der Waals surface area contributed by atoms with Gasteiger partial charge in [0, 0.05) is 12.6 Å². The Balaban J connectivity index is 2.04. The summed E-state index contributed by atoms with van der Waals surface area (Å²) in [4.78, 5) is 14.2. The van der Waals surface area contributed by atoms with Gasteiger partial charge in [0.25, 0.3) is 0 Å². The number of halogens is 4. The van der Waals surface area contributed by atoms with Gasteiger partial charge in [-0.1, -0.05) is 11.6 Å². The molecule has 7 nitrogen and oxygen atoms in total. The van der Waals surface area contributed by atoms with Crippen molar-refractivity contribution in [2.24, 2.45) is 0 Å². The summed E-state index contributed by atoms with van der Waals surface area (Å²) in [5.41, 5.74) is 4.68. The van der Waals surface area contributed by atoms with Crippen molar-refractivity contribution in [3.8, 4) is 23.1 Å². The molecule has 3 aromatic rings. The Morgan fingerprint density at radius 1 is 1.35 bits per heavy atom. The van der Waals surface area contributed by atoms with Crippen LogP contribution in [0.3, 0.4) is 0 Å². The van der Waals surface area contributed by atoms with Crippen molar-refractivity contribution in [3.05, 3.63) is 34.6 Å². The van der Waals surface area contributed by atoms with Crippen LogP contribution in [-0.2, 0) is 6.18 Å². The van der Waals surface area contributed by atoms with Gasteiger partial charge in [-0.15, -0.1) is 0 Å². The van der Waals surface area contributed by atoms with E-state index in [4.69, 9.17) is 27.3 Å². The minimum absolute atomic E-state index is 0.00192. The van der Waals surface area contributed by atoms with Crippen LogP contribution in [0.4, 0.5) is 24.8 Å². The van der Waals surface area contributed by atoms with Crippen LogP contribution >= 0.6 is 11.6 Å². The zero-order valence-corrected chi connectivity index (χ0v) is 17.2. The second-order valence-electron chi connectivity index (χ2n) is 7.18. The fourth-order valence-corrected chi connectivity index (χ4v) is 4.03. The van der Waals surface area contributed by atoms with Crippen LogP contribution in [0.5, 0.6) is 5.75 Å². The molecule has 31 heavy (non-hydrogen) atoms. The number of nitrogens with two attached hydrogens (primary N) is 1. The Labute approximate surface area is 180 Å². The van der Waals surface area contributed by atoms with Crippen LogP contribution in [0.15, 0.2) is 18.5 Å². The summed E-state index contributed by atoms with van der Waals surface area (Å²) in [7, 11) is 1.76. The minimum Gasteiger partial charge on any atom is -0.489 e. The average Bonchev–Trinajstić information content (AvgIpc) is 2.82. The van der Waals surface area contributed by atoms with Gasteiger partial charge in [0.2, 0.25) is 0 Å². The molecule has 0 amide bonds. The molecule has 0 saturated heterocycles. The maximum Gasteiger partial charge on any atom is 0.418 e. The molecule has 2 N–H and O–H groups in total. The van der Waals surface area contributed by atoms with Crippen LogP contribution in [0.1, 0.15) is 17.5 Å². The summed E-state index contributed by atoms with van der Waals surface area (Å²) in [6.07, 6.45) is -3.22. The van der Waals surface area contributed by atoms with E-state index in [9.17, 15) is 13.2 Å². The standard InChI is InChI=1S/C20H16ClF3N6O/c1-9-5-13(26)29-17(15(9)20(22,23)24)11-6-12-14-18(16(11)21)31-7-10(3-4-25)30(2)19(14)28-8-27-12/h5-6,8,10H,3,7H2,1-2H3,(H2,26,29)/t10-/m0/s1. The maximum atomic E-state index is 13.9. The third-order valence-corrected chi connectivity index (χ3v) is 5.58. The molecule has 1 atom stereocenters. The number of aromatic nitrogens is 3. The Bertz CT molecular complexity index is 1240. The lowest BCUT2D eigenvalue weighted by atomic mass is 9.99. The van der Waals surface area contributed by atoms with E-state index in [0.29, 0.717) is 16.7 Å². The second kappa shape index (κ2) is 7.42. The van der Waals surface area contributed by atoms with Crippen LogP contribution in [-0.4, -0.2) is 34.6 Å². The van der Waals surface area contributed by atoms with E-state index >= 15 is 0 Å². The Kier molecular flexibility index (Phi) is 5.01. The average molecular weight is 449 g/mol. The highest BCUT2D eigenvalue weighted by molar-refractivity contribution is 6.36. The van der Waals surface area contributed by atoms with Gasteiger partial charge in [-0.25, -0.2) is 15.0 Å². The predicted molar refractivity (Wildman–Crippen MR) is 110 cm³/mol. The molecular formula is C20H16ClF3N6O. The molecule has 0 bridgehead atoms. The van der Waals surface area contributed by atoms with E-state index in [-0.39, 0.29) is 46.8 Å². The van der Waals surface area contributed by atoms with Gasteiger partial charge in [-0.2, -0.15) is 18.4 Å². The number of benzene rings is 1. The molecule has 1 aliphatic heterocycles. The van der Waals surface area contributed by atoms with E-state index in [2.05, 4.69) is 21.0 Å². The molecule has 0 radical (unpaired) electrons. The largest absolute Gasteiger partial charge is 0.489 e. The molecule has 0 fully saturated rings. The summed E-state index contributed by atoms with van der Waals surface area (Å²) in [6.45, 7) is 1.40. The van der Waals surface area contributed by atoms with Crippen molar-refractivity contribution >= 4 is 34.1 Å². The Morgan fingerprint density at radius 3 is 2.77 bits per heavy atom. The van der Waals surface area contributed by atoms with Crippen molar-refractivity contribution in [2.75, 3.05) is 24.3 Å². The number of nitrogen functional groups attached to an aromatic ring is 1. The minimum atomic E-state index is -4.68. The van der Waals surface area contributed by atoms with Crippen LogP contribution < -0.4 is 15.4 Å². The van der Waals surface area contributed by atoms with E-state index in [1.807, 2.05) is 0 Å². The van der Waals surface area contributed by atoms with Crippen molar-refractivity contribution in [1.82, 2.24) is 15.0 Å². The Hall–Kier alpha value is -3.32. The van der Waals surface area contributed by atoms with Crippen molar-refractivity contribution in [2.45, 2.75) is 25.6 Å². The normalized spacial score (nSPS) is 16.0. The van der Waals surface area contributed by atoms with E-state index in [1.165, 1.54) is 19.3 Å². The number of likely N-dealkylation sites (N-methyl/N-ethyl adjacent to an activating group) is 1. The van der Waals surface area contributed by atoms with Gasteiger partial charge >= 0.3 is 6.18 Å². The molecule has 0 spiro atoms. The van der Waals surface area contributed by atoms with Crippen LogP contribution in [0.2, 0.25) is 5.02 Å². The number of nitrogens with zero attached hydrogens (tertiary/aromatic N) is 5. The first kappa shape index (κ1) is 20.9. The zero-order valence-electron chi connectivity index (χ0n) is 16.5. The van der Waals surface area contributed by atoms with Gasteiger partial charge in [0.15, 0.2) is 5.75 Å². The monoisotopic (exact) mass is 448 g/mol. The molecule has 1 aromatic carbocycles. The molecule has 160 valence electrons. The fraction of sp³-hybridized carbons (Fsp3) is 0.300. The van der Waals surface area contributed by atoms with Crippen LogP contribution in [0.25, 0.3) is 22.2 Å². The topological polar surface area (TPSA) is 101 Å². The number of nitriles is 1. The first-order chi connectivity index (χ1) is 14.6. The van der Waals surface area contributed by atoms with E-state index in [0.717, 1.165) is 6.07 Å². The molecule has 11 heteroatoms. The van der Waals surface area contributed by atoms with Gasteiger partial charge in [-0.05, 0) is 24.6 Å². The van der Waals surface area contributed by atoms with Crippen molar-refractivity contribution in [1.29, 1.82) is 5.26 Å². The summed E-state index contributed by atoms with van der Waals surface area (Å²) >= 11 is 6.59. The Morgan fingerprint density at radius 2 is 2.10 bits per heavy atom. The summed E-state index contributed by atoms with van der Waals surface area (Å²) < 4.78 is 47.5. The fourth-order valence-electron chi connectivity index (χ4n) is 3.74. The zero-order chi connectivity index (χ0) is 22.5. The number of rotatable bonds is 2. The maximum absolute atomic E-state index is 13.9. The number of ether oxygens (including phenoxy) is 1. The summed E-state index contributed by atoms with van der Waals surface area (Å²) in [6, 6.07) is 4.35. The highest BCUT2D eigenvalue weighted by atomic mass is 35.5. The third kappa shape index (κ3) is 3.45. The molecule has 0 aliphatic carbocycles. The molecule has 4 rings (SSSR count). The van der Waals surface area contributed by atoms with E-state index < -0.39 is 17.4 Å². The van der Waals surface area contributed by atoms with Crippen molar-refractivity contribution in [3.63, 3.8) is 0 Å². The second-order valence-corrected chi connectivity index (χ2v) is 7.56. The lowest BCUT2D eigenvalue weighted by Gasteiger charge is -2.24. The van der Waals surface area contributed by atoms with Crippen LogP contribution in [0, 0.1) is 18.3 Å². The predicted octanol–water partition coefficient (Wildman–Crippen LogP) is 4.37. The number of hydrogen-bond donors (Lipinski definition) is 1. The number of anilines is 2. The highest BCUT2D eigenvalue weighted by Gasteiger charge is 2.38. The number of pyridine rings is 1.